The maximum Gasteiger partial charge on any atom is 0.131 e. The van der Waals surface area contributed by atoms with Gasteiger partial charge in [-0.1, -0.05) is 39.0 Å². The van der Waals surface area contributed by atoms with Crippen molar-refractivity contribution in [3.63, 3.8) is 0 Å². The van der Waals surface area contributed by atoms with Gasteiger partial charge in [-0.25, -0.2) is 17.6 Å². The number of benzene rings is 3. The topological polar surface area (TPSA) is 0 Å². The van der Waals surface area contributed by atoms with Gasteiger partial charge in [0.05, 0.1) is 0 Å². The first-order valence-corrected chi connectivity index (χ1v) is 11.2. The highest BCUT2D eigenvalue weighted by molar-refractivity contribution is 7.98. The van der Waals surface area contributed by atoms with Crippen molar-refractivity contribution in [2.45, 2.75) is 34.6 Å². The van der Waals surface area contributed by atoms with E-state index in [1.54, 1.807) is 32.0 Å². The Kier molecular flexibility index (Phi) is 10.7. The van der Waals surface area contributed by atoms with Gasteiger partial charge >= 0.3 is 0 Å². The molecule has 0 radical (unpaired) electrons. The number of halogens is 4. The monoisotopic (exact) mass is 436 g/mol. The maximum atomic E-state index is 14.6. The zero-order valence-electron chi connectivity index (χ0n) is 18.2. The second-order valence-electron chi connectivity index (χ2n) is 6.37. The van der Waals surface area contributed by atoms with Crippen LogP contribution in [0.3, 0.4) is 0 Å². The smallest absolute Gasteiger partial charge is 0.131 e. The van der Waals surface area contributed by atoms with E-state index in [1.165, 1.54) is 17.9 Å². The van der Waals surface area contributed by atoms with E-state index in [4.69, 9.17) is 0 Å². The Morgan fingerprint density at radius 1 is 0.733 bits per heavy atom. The summed E-state index contributed by atoms with van der Waals surface area (Å²) in [6.07, 6.45) is 2.10. The van der Waals surface area contributed by atoms with Crippen molar-refractivity contribution in [3.05, 3.63) is 82.9 Å². The van der Waals surface area contributed by atoms with Crippen LogP contribution < -0.4 is 0 Å². The average Bonchev–Trinajstić information content (AvgIpc) is 2.68. The van der Waals surface area contributed by atoms with Gasteiger partial charge in [0.1, 0.15) is 23.3 Å². The second kappa shape index (κ2) is 12.4. The molecule has 0 heterocycles. The number of aryl methyl sites for hydroxylation is 2. The SMILES string of the molecule is CC.CCSC.Cc1ccc(-c2cc(C)c(-c3cc(F)cc(F)c3)c(F)c2)c(F)c1. The molecule has 0 aliphatic heterocycles. The number of rotatable bonds is 3. The molecular weight excluding hydrogens is 408 g/mol. The van der Waals surface area contributed by atoms with Crippen LogP contribution in [0, 0.1) is 37.1 Å². The highest BCUT2D eigenvalue weighted by Gasteiger charge is 2.15. The van der Waals surface area contributed by atoms with Crippen molar-refractivity contribution < 1.29 is 17.6 Å². The van der Waals surface area contributed by atoms with Gasteiger partial charge in [-0.15, -0.1) is 0 Å². The third-order valence-electron chi connectivity index (χ3n) is 4.16. The third kappa shape index (κ3) is 6.91. The van der Waals surface area contributed by atoms with Crippen LogP contribution in [0.1, 0.15) is 31.9 Å². The van der Waals surface area contributed by atoms with Crippen molar-refractivity contribution in [3.8, 4) is 22.3 Å². The molecule has 0 aliphatic rings. The van der Waals surface area contributed by atoms with Crippen LogP contribution in [-0.2, 0) is 0 Å². The average molecular weight is 437 g/mol. The zero-order valence-corrected chi connectivity index (χ0v) is 19.1. The van der Waals surface area contributed by atoms with Crippen molar-refractivity contribution in [1.29, 1.82) is 0 Å². The Hall–Kier alpha value is -2.27. The highest BCUT2D eigenvalue weighted by atomic mass is 32.2. The van der Waals surface area contributed by atoms with Gasteiger partial charge in [0.2, 0.25) is 0 Å². The summed E-state index contributed by atoms with van der Waals surface area (Å²) in [6, 6.07) is 10.3. The number of thioether (sulfide) groups is 1. The first kappa shape index (κ1) is 25.8. The van der Waals surface area contributed by atoms with Gasteiger partial charge in [-0.05, 0) is 72.4 Å². The predicted molar refractivity (Wildman–Crippen MR) is 122 cm³/mol. The van der Waals surface area contributed by atoms with Crippen molar-refractivity contribution in [1.82, 2.24) is 0 Å². The molecular formula is C25H28F4S. The molecule has 0 amide bonds. The van der Waals surface area contributed by atoms with Crippen LogP contribution in [0.4, 0.5) is 17.6 Å². The van der Waals surface area contributed by atoms with Gasteiger partial charge in [-0.3, -0.25) is 0 Å². The molecule has 162 valence electrons. The molecule has 0 nitrogen and oxygen atoms in total. The van der Waals surface area contributed by atoms with E-state index in [9.17, 15) is 17.6 Å². The van der Waals surface area contributed by atoms with Gasteiger partial charge in [0.15, 0.2) is 0 Å². The maximum absolute atomic E-state index is 14.6. The Bertz CT molecular complexity index is 922. The molecule has 0 aliphatic carbocycles. The van der Waals surface area contributed by atoms with E-state index in [-0.39, 0.29) is 16.7 Å². The molecule has 5 heteroatoms. The predicted octanol–water partition coefficient (Wildman–Crippen LogP) is 8.59. The van der Waals surface area contributed by atoms with Gasteiger partial charge < -0.3 is 0 Å². The van der Waals surface area contributed by atoms with Crippen LogP contribution in [0.25, 0.3) is 22.3 Å². The minimum absolute atomic E-state index is 0.102. The summed E-state index contributed by atoms with van der Waals surface area (Å²) < 4.78 is 55.5. The van der Waals surface area contributed by atoms with E-state index in [0.717, 1.165) is 23.8 Å². The van der Waals surface area contributed by atoms with E-state index in [2.05, 4.69) is 13.2 Å². The Balaban J connectivity index is 0.000000673. The molecule has 0 atom stereocenters. The van der Waals surface area contributed by atoms with Crippen molar-refractivity contribution >= 4 is 11.8 Å². The first-order chi connectivity index (χ1) is 14.3. The zero-order chi connectivity index (χ0) is 22.8. The lowest BCUT2D eigenvalue weighted by atomic mass is 9.94. The molecule has 0 spiro atoms. The van der Waals surface area contributed by atoms with Crippen LogP contribution >= 0.6 is 11.8 Å². The fourth-order valence-corrected chi connectivity index (χ4v) is 2.82. The first-order valence-electron chi connectivity index (χ1n) is 9.78. The summed E-state index contributed by atoms with van der Waals surface area (Å²) >= 11 is 1.86. The summed E-state index contributed by atoms with van der Waals surface area (Å²) in [5.74, 6) is -1.43. The quantitative estimate of drug-likeness (QED) is 0.370. The minimum Gasteiger partial charge on any atom is -0.207 e. The lowest BCUT2D eigenvalue weighted by molar-refractivity contribution is 0.583. The van der Waals surface area contributed by atoms with E-state index >= 15 is 0 Å². The number of hydrogen-bond donors (Lipinski definition) is 0. The molecule has 3 rings (SSSR count). The van der Waals surface area contributed by atoms with Crippen LogP contribution in [0.15, 0.2) is 48.5 Å². The Labute approximate surface area is 181 Å². The molecule has 0 N–H and O–H groups in total. The van der Waals surface area contributed by atoms with Gasteiger partial charge in [0, 0.05) is 17.2 Å². The Morgan fingerprint density at radius 3 is 1.77 bits per heavy atom. The minimum atomic E-state index is -0.780. The molecule has 0 fully saturated rings. The molecule has 3 aromatic rings. The molecule has 30 heavy (non-hydrogen) atoms. The van der Waals surface area contributed by atoms with Crippen molar-refractivity contribution in [2.75, 3.05) is 12.0 Å². The molecule has 3 aromatic carbocycles. The molecule has 0 aromatic heterocycles. The fourth-order valence-electron chi connectivity index (χ4n) is 2.82. The van der Waals surface area contributed by atoms with Crippen LogP contribution in [0.2, 0.25) is 0 Å². The molecule has 0 saturated heterocycles. The normalized spacial score (nSPS) is 9.93. The van der Waals surface area contributed by atoms with E-state index < -0.39 is 23.3 Å². The fraction of sp³-hybridized carbons (Fsp3) is 0.280. The highest BCUT2D eigenvalue weighted by Crippen LogP contribution is 2.33. The van der Waals surface area contributed by atoms with Crippen molar-refractivity contribution in [2.24, 2.45) is 0 Å². The Morgan fingerprint density at radius 2 is 1.30 bits per heavy atom. The largest absolute Gasteiger partial charge is 0.207 e. The lowest BCUT2D eigenvalue weighted by Crippen LogP contribution is -1.94. The summed E-state index contributed by atoms with van der Waals surface area (Å²) in [6.45, 7) is 9.53. The summed E-state index contributed by atoms with van der Waals surface area (Å²) in [4.78, 5) is 0. The molecule has 0 saturated carbocycles. The molecule has 0 bridgehead atoms. The summed E-state index contributed by atoms with van der Waals surface area (Å²) in [7, 11) is 0. The summed E-state index contributed by atoms with van der Waals surface area (Å²) in [5.41, 5.74) is 2.10. The van der Waals surface area contributed by atoms with Gasteiger partial charge in [-0.2, -0.15) is 11.8 Å². The van der Waals surface area contributed by atoms with E-state index in [1.807, 2.05) is 25.6 Å². The lowest BCUT2D eigenvalue weighted by Gasteiger charge is -2.12. The van der Waals surface area contributed by atoms with Crippen LogP contribution in [-0.4, -0.2) is 12.0 Å². The number of hydrogen-bond acceptors (Lipinski definition) is 1. The molecule has 0 unspecified atom stereocenters. The third-order valence-corrected chi connectivity index (χ3v) is 4.74. The standard InChI is InChI=1S/C20H14F4.C3H8S.C2H6/c1-11-3-4-17(18(23)5-11)13-6-12(2)20(19(24)9-13)14-7-15(21)10-16(22)8-14;1-3-4-2;1-2/h3-10H,1-2H3;3H2,1-2H3;1-2H3. The van der Waals surface area contributed by atoms with Gasteiger partial charge in [0.25, 0.3) is 0 Å². The second-order valence-corrected chi connectivity index (χ2v) is 7.52. The summed E-state index contributed by atoms with van der Waals surface area (Å²) in [5, 5.41) is 0. The van der Waals surface area contributed by atoms with Crippen LogP contribution in [0.5, 0.6) is 0 Å². The van der Waals surface area contributed by atoms with E-state index in [0.29, 0.717) is 11.1 Å².